The Bertz CT molecular complexity index is 486. The standard InChI is InChI=1S/C15H16O3/c1-11-14(17-2)10-13(18-15(11)16)9-8-12-6-4-3-5-7-12/h3-9,13H,10H2,1-2H3/b9-8+/t13-/m0/s1. The normalized spacial score (nSPS) is 20.1. The summed E-state index contributed by atoms with van der Waals surface area (Å²) in [5, 5.41) is 0. The van der Waals surface area contributed by atoms with E-state index in [1.807, 2.05) is 42.5 Å². The lowest BCUT2D eigenvalue weighted by atomic mass is 10.1. The van der Waals surface area contributed by atoms with Gasteiger partial charge < -0.3 is 9.47 Å². The van der Waals surface area contributed by atoms with Gasteiger partial charge in [-0.2, -0.15) is 0 Å². The van der Waals surface area contributed by atoms with Gasteiger partial charge in [-0.3, -0.25) is 0 Å². The first-order chi connectivity index (χ1) is 8.70. The van der Waals surface area contributed by atoms with Crippen molar-refractivity contribution in [3.8, 4) is 0 Å². The Morgan fingerprint density at radius 2 is 2.06 bits per heavy atom. The molecule has 0 spiro atoms. The third kappa shape index (κ3) is 2.80. The molecule has 0 aliphatic carbocycles. The van der Waals surface area contributed by atoms with E-state index >= 15 is 0 Å². The van der Waals surface area contributed by atoms with E-state index in [0.717, 1.165) is 5.56 Å². The Balaban J connectivity index is 2.09. The van der Waals surface area contributed by atoms with Gasteiger partial charge in [0, 0.05) is 6.42 Å². The number of cyclic esters (lactones) is 1. The minimum Gasteiger partial charge on any atom is -0.500 e. The van der Waals surface area contributed by atoms with Gasteiger partial charge in [0.1, 0.15) is 11.9 Å². The molecule has 2 rings (SSSR count). The van der Waals surface area contributed by atoms with Crippen molar-refractivity contribution in [1.82, 2.24) is 0 Å². The molecule has 0 unspecified atom stereocenters. The summed E-state index contributed by atoms with van der Waals surface area (Å²) in [5.74, 6) is 0.398. The van der Waals surface area contributed by atoms with E-state index in [4.69, 9.17) is 9.47 Å². The smallest absolute Gasteiger partial charge is 0.337 e. The van der Waals surface area contributed by atoms with Crippen LogP contribution in [0.1, 0.15) is 18.9 Å². The van der Waals surface area contributed by atoms with Gasteiger partial charge in [0.25, 0.3) is 0 Å². The first-order valence-corrected chi connectivity index (χ1v) is 5.88. The van der Waals surface area contributed by atoms with Crippen LogP contribution >= 0.6 is 0 Å². The summed E-state index contributed by atoms with van der Waals surface area (Å²) in [6, 6.07) is 9.90. The van der Waals surface area contributed by atoms with Crippen molar-refractivity contribution in [2.24, 2.45) is 0 Å². The Morgan fingerprint density at radius 3 is 2.72 bits per heavy atom. The van der Waals surface area contributed by atoms with E-state index in [1.54, 1.807) is 14.0 Å². The zero-order valence-electron chi connectivity index (χ0n) is 10.6. The Labute approximate surface area is 107 Å². The number of rotatable bonds is 3. The largest absolute Gasteiger partial charge is 0.500 e. The number of esters is 1. The average molecular weight is 244 g/mol. The zero-order valence-corrected chi connectivity index (χ0v) is 10.6. The first-order valence-electron chi connectivity index (χ1n) is 5.88. The molecular formula is C15H16O3. The Morgan fingerprint density at radius 1 is 1.33 bits per heavy atom. The van der Waals surface area contributed by atoms with Gasteiger partial charge in [0.05, 0.1) is 12.7 Å². The summed E-state index contributed by atoms with van der Waals surface area (Å²) in [6.45, 7) is 1.72. The highest BCUT2D eigenvalue weighted by Gasteiger charge is 2.25. The van der Waals surface area contributed by atoms with Crippen LogP contribution in [0, 0.1) is 0 Å². The molecule has 0 amide bonds. The maximum atomic E-state index is 11.6. The van der Waals surface area contributed by atoms with Crippen molar-refractivity contribution in [2.75, 3.05) is 7.11 Å². The summed E-state index contributed by atoms with van der Waals surface area (Å²) in [4.78, 5) is 11.6. The van der Waals surface area contributed by atoms with E-state index < -0.39 is 0 Å². The van der Waals surface area contributed by atoms with Crippen LogP contribution in [0.15, 0.2) is 47.7 Å². The SMILES string of the molecule is COC1=C(C)C(=O)O[C@@H](/C=C/c2ccccc2)C1. The van der Waals surface area contributed by atoms with Crippen LogP contribution in [0.2, 0.25) is 0 Å². The summed E-state index contributed by atoms with van der Waals surface area (Å²) in [7, 11) is 1.58. The summed E-state index contributed by atoms with van der Waals surface area (Å²) >= 11 is 0. The molecule has 0 radical (unpaired) electrons. The van der Waals surface area contributed by atoms with E-state index in [0.29, 0.717) is 17.8 Å². The molecule has 1 aromatic rings. The zero-order chi connectivity index (χ0) is 13.0. The number of hydrogen-bond acceptors (Lipinski definition) is 3. The molecule has 0 bridgehead atoms. The fraction of sp³-hybridized carbons (Fsp3) is 0.267. The average Bonchev–Trinajstić information content (AvgIpc) is 2.41. The number of benzene rings is 1. The van der Waals surface area contributed by atoms with E-state index in [9.17, 15) is 4.79 Å². The number of carbonyl (C=O) groups is 1. The van der Waals surface area contributed by atoms with Gasteiger partial charge in [-0.05, 0) is 18.6 Å². The third-order valence-electron chi connectivity index (χ3n) is 2.92. The van der Waals surface area contributed by atoms with Crippen molar-refractivity contribution >= 4 is 12.0 Å². The molecule has 18 heavy (non-hydrogen) atoms. The maximum Gasteiger partial charge on any atom is 0.337 e. The van der Waals surface area contributed by atoms with Gasteiger partial charge in [0.2, 0.25) is 0 Å². The second kappa shape index (κ2) is 5.54. The predicted molar refractivity (Wildman–Crippen MR) is 69.7 cm³/mol. The molecule has 0 aromatic heterocycles. The van der Waals surface area contributed by atoms with Crippen LogP contribution in [-0.2, 0) is 14.3 Å². The second-order valence-electron chi connectivity index (χ2n) is 4.17. The van der Waals surface area contributed by atoms with Gasteiger partial charge >= 0.3 is 5.97 Å². The fourth-order valence-corrected chi connectivity index (χ4v) is 1.84. The van der Waals surface area contributed by atoms with E-state index in [2.05, 4.69) is 0 Å². The number of methoxy groups -OCH3 is 1. The monoisotopic (exact) mass is 244 g/mol. The molecule has 1 heterocycles. The molecule has 3 nitrogen and oxygen atoms in total. The van der Waals surface area contributed by atoms with Crippen LogP contribution in [0.5, 0.6) is 0 Å². The van der Waals surface area contributed by atoms with Crippen molar-refractivity contribution < 1.29 is 14.3 Å². The predicted octanol–water partition coefficient (Wildman–Crippen LogP) is 2.94. The number of hydrogen-bond donors (Lipinski definition) is 0. The van der Waals surface area contributed by atoms with Gasteiger partial charge in [-0.1, -0.05) is 36.4 Å². The van der Waals surface area contributed by atoms with Crippen LogP contribution in [-0.4, -0.2) is 19.2 Å². The Kier molecular flexibility index (Phi) is 3.82. The van der Waals surface area contributed by atoms with E-state index in [-0.39, 0.29) is 12.1 Å². The van der Waals surface area contributed by atoms with Crippen molar-refractivity contribution in [1.29, 1.82) is 0 Å². The fourth-order valence-electron chi connectivity index (χ4n) is 1.84. The molecule has 0 fully saturated rings. The topological polar surface area (TPSA) is 35.5 Å². The van der Waals surface area contributed by atoms with Gasteiger partial charge in [-0.15, -0.1) is 0 Å². The molecule has 0 N–H and O–H groups in total. The molecular weight excluding hydrogens is 228 g/mol. The van der Waals surface area contributed by atoms with Crippen LogP contribution in [0.3, 0.4) is 0 Å². The van der Waals surface area contributed by atoms with Crippen molar-refractivity contribution in [3.05, 3.63) is 53.3 Å². The second-order valence-corrected chi connectivity index (χ2v) is 4.17. The van der Waals surface area contributed by atoms with Crippen molar-refractivity contribution in [3.63, 3.8) is 0 Å². The summed E-state index contributed by atoms with van der Waals surface area (Å²) in [6.07, 6.45) is 4.18. The third-order valence-corrected chi connectivity index (χ3v) is 2.92. The van der Waals surface area contributed by atoms with Gasteiger partial charge in [0.15, 0.2) is 0 Å². The molecule has 0 saturated heterocycles. The van der Waals surface area contributed by atoms with E-state index in [1.165, 1.54) is 0 Å². The van der Waals surface area contributed by atoms with Crippen LogP contribution in [0.4, 0.5) is 0 Å². The summed E-state index contributed by atoms with van der Waals surface area (Å²) in [5.41, 5.74) is 1.64. The highest BCUT2D eigenvalue weighted by Crippen LogP contribution is 2.23. The molecule has 1 aromatic carbocycles. The lowest BCUT2D eigenvalue weighted by Gasteiger charge is -2.22. The van der Waals surface area contributed by atoms with Crippen LogP contribution < -0.4 is 0 Å². The number of ether oxygens (including phenoxy) is 2. The van der Waals surface area contributed by atoms with Gasteiger partial charge in [-0.25, -0.2) is 4.79 Å². The quantitative estimate of drug-likeness (QED) is 0.767. The molecule has 1 aliphatic rings. The number of carbonyl (C=O) groups excluding carboxylic acids is 1. The highest BCUT2D eigenvalue weighted by molar-refractivity contribution is 5.89. The molecule has 94 valence electrons. The molecule has 1 aliphatic heterocycles. The summed E-state index contributed by atoms with van der Waals surface area (Å²) < 4.78 is 10.5. The highest BCUT2D eigenvalue weighted by atomic mass is 16.6. The molecule has 1 atom stereocenters. The van der Waals surface area contributed by atoms with Crippen molar-refractivity contribution in [2.45, 2.75) is 19.4 Å². The lowest BCUT2D eigenvalue weighted by Crippen LogP contribution is -2.24. The minimum atomic E-state index is -0.305. The lowest BCUT2D eigenvalue weighted by molar-refractivity contribution is -0.144. The minimum absolute atomic E-state index is 0.253. The van der Waals surface area contributed by atoms with Crippen LogP contribution in [0.25, 0.3) is 6.08 Å². The molecule has 3 heteroatoms. The maximum absolute atomic E-state index is 11.6. The molecule has 0 saturated carbocycles. The first kappa shape index (κ1) is 12.4. The Hall–Kier alpha value is -2.03.